The maximum atomic E-state index is 12.9. The number of aromatic amines is 1. The van der Waals surface area contributed by atoms with Crippen molar-refractivity contribution in [3.63, 3.8) is 0 Å². The number of carbonyl (C=O) groups is 2. The number of carbonyl (C=O) groups excluding carboxylic acids is 2. The molecule has 0 aliphatic heterocycles. The molecule has 0 aliphatic carbocycles. The number of fused-ring (bicyclic) bond motifs is 1. The number of ether oxygens (including phenoxy) is 1. The summed E-state index contributed by atoms with van der Waals surface area (Å²) in [6.07, 6.45) is 0.990. The van der Waals surface area contributed by atoms with Crippen molar-refractivity contribution in [1.29, 1.82) is 0 Å². The first kappa shape index (κ1) is 21.1. The molecule has 2 amide bonds. The van der Waals surface area contributed by atoms with Crippen LogP contribution in [0.1, 0.15) is 29.7 Å². The third-order valence-electron chi connectivity index (χ3n) is 5.14. The first-order valence-electron chi connectivity index (χ1n) is 10.4. The SMILES string of the molecule is C[C@@H](NC(=O)OCc1ccccc1)C(=O)N[C@@H](c1ccccc1)c1ccc2nc[nH]c2c1. The summed E-state index contributed by atoms with van der Waals surface area (Å²) >= 11 is 0. The summed E-state index contributed by atoms with van der Waals surface area (Å²) in [5.41, 5.74) is 4.44. The van der Waals surface area contributed by atoms with Crippen LogP contribution in [0.25, 0.3) is 11.0 Å². The second-order valence-corrected chi connectivity index (χ2v) is 7.46. The minimum Gasteiger partial charge on any atom is -0.445 e. The monoisotopic (exact) mass is 428 g/mol. The minimum absolute atomic E-state index is 0.137. The predicted octanol–water partition coefficient (Wildman–Crippen LogP) is 4.08. The van der Waals surface area contributed by atoms with Gasteiger partial charge in [-0.2, -0.15) is 0 Å². The molecule has 0 spiro atoms. The Hall–Kier alpha value is -4.13. The Morgan fingerprint density at radius 1 is 0.938 bits per heavy atom. The number of rotatable bonds is 7. The van der Waals surface area contributed by atoms with Crippen molar-refractivity contribution in [3.05, 3.63) is 102 Å². The van der Waals surface area contributed by atoms with Crippen LogP contribution in [0.15, 0.2) is 85.2 Å². The molecule has 3 aromatic carbocycles. The molecule has 4 rings (SSSR count). The maximum Gasteiger partial charge on any atom is 0.408 e. The van der Waals surface area contributed by atoms with Crippen LogP contribution in [0.2, 0.25) is 0 Å². The van der Waals surface area contributed by atoms with Gasteiger partial charge in [-0.05, 0) is 35.7 Å². The Balaban J connectivity index is 1.44. The van der Waals surface area contributed by atoms with E-state index in [0.29, 0.717) is 0 Å². The Labute approximate surface area is 185 Å². The fourth-order valence-electron chi connectivity index (χ4n) is 3.41. The minimum atomic E-state index is -0.777. The highest BCUT2D eigenvalue weighted by atomic mass is 16.5. The molecule has 32 heavy (non-hydrogen) atoms. The Kier molecular flexibility index (Phi) is 6.46. The van der Waals surface area contributed by atoms with Gasteiger partial charge in [0.1, 0.15) is 12.6 Å². The zero-order valence-electron chi connectivity index (χ0n) is 17.6. The average molecular weight is 428 g/mol. The van der Waals surface area contributed by atoms with Crippen LogP contribution in [0.5, 0.6) is 0 Å². The van der Waals surface area contributed by atoms with Crippen molar-refractivity contribution in [2.24, 2.45) is 0 Å². The summed E-state index contributed by atoms with van der Waals surface area (Å²) in [6, 6.07) is 23.7. The highest BCUT2D eigenvalue weighted by Gasteiger charge is 2.22. The summed E-state index contributed by atoms with van der Waals surface area (Å²) in [6.45, 7) is 1.76. The second-order valence-electron chi connectivity index (χ2n) is 7.46. The summed E-state index contributed by atoms with van der Waals surface area (Å²) in [5.74, 6) is -0.319. The van der Waals surface area contributed by atoms with Crippen molar-refractivity contribution in [2.45, 2.75) is 25.6 Å². The first-order valence-corrected chi connectivity index (χ1v) is 10.4. The van der Waals surface area contributed by atoms with Gasteiger partial charge in [-0.1, -0.05) is 66.7 Å². The molecule has 4 aromatic rings. The van der Waals surface area contributed by atoms with E-state index in [4.69, 9.17) is 4.74 Å². The van der Waals surface area contributed by atoms with Crippen molar-refractivity contribution < 1.29 is 14.3 Å². The van der Waals surface area contributed by atoms with Gasteiger partial charge < -0.3 is 20.4 Å². The molecule has 2 atom stereocenters. The number of alkyl carbamates (subject to hydrolysis) is 1. The average Bonchev–Trinajstić information content (AvgIpc) is 3.30. The maximum absolute atomic E-state index is 12.9. The molecule has 0 saturated heterocycles. The smallest absolute Gasteiger partial charge is 0.408 e. The van der Waals surface area contributed by atoms with E-state index in [-0.39, 0.29) is 18.6 Å². The Bertz CT molecular complexity index is 1190. The lowest BCUT2D eigenvalue weighted by Crippen LogP contribution is -2.46. The van der Waals surface area contributed by atoms with Crippen LogP contribution in [0.4, 0.5) is 4.79 Å². The zero-order chi connectivity index (χ0) is 22.3. The third kappa shape index (κ3) is 5.13. The highest BCUT2D eigenvalue weighted by molar-refractivity contribution is 5.86. The fraction of sp³-hybridized carbons (Fsp3) is 0.160. The Morgan fingerprint density at radius 2 is 1.66 bits per heavy atom. The van der Waals surface area contributed by atoms with Gasteiger partial charge in [0.05, 0.1) is 23.4 Å². The standard InChI is InChI=1S/C25H24N4O3/c1-17(28-25(31)32-15-18-8-4-2-5-9-18)24(30)29-23(19-10-6-3-7-11-19)20-12-13-21-22(14-20)27-16-26-21/h2-14,16-17,23H,15H2,1H3,(H,26,27)(H,28,31)(H,29,30)/t17-,23+/m1/s1. The summed E-state index contributed by atoms with van der Waals surface area (Å²) < 4.78 is 5.22. The molecule has 0 bridgehead atoms. The lowest BCUT2D eigenvalue weighted by molar-refractivity contribution is -0.123. The van der Waals surface area contributed by atoms with Crippen molar-refractivity contribution in [3.8, 4) is 0 Å². The normalized spacial score (nSPS) is 12.7. The molecule has 3 N–H and O–H groups in total. The quantitative estimate of drug-likeness (QED) is 0.413. The van der Waals surface area contributed by atoms with E-state index in [1.165, 1.54) is 0 Å². The molecule has 0 fully saturated rings. The molecule has 7 heteroatoms. The molecular weight excluding hydrogens is 404 g/mol. The van der Waals surface area contributed by atoms with E-state index < -0.39 is 12.1 Å². The molecule has 0 radical (unpaired) electrons. The summed E-state index contributed by atoms with van der Waals surface area (Å²) in [4.78, 5) is 32.4. The third-order valence-corrected chi connectivity index (χ3v) is 5.14. The number of nitrogens with one attached hydrogen (secondary N) is 3. The molecule has 1 heterocycles. The van der Waals surface area contributed by atoms with Crippen LogP contribution in [-0.4, -0.2) is 28.0 Å². The number of H-pyrrole nitrogens is 1. The summed E-state index contributed by atoms with van der Waals surface area (Å²) in [7, 11) is 0. The number of amides is 2. The summed E-state index contributed by atoms with van der Waals surface area (Å²) in [5, 5.41) is 5.64. The van der Waals surface area contributed by atoms with E-state index in [9.17, 15) is 9.59 Å². The van der Waals surface area contributed by atoms with Crippen LogP contribution in [0, 0.1) is 0 Å². The lowest BCUT2D eigenvalue weighted by Gasteiger charge is -2.22. The van der Waals surface area contributed by atoms with Crippen molar-refractivity contribution >= 4 is 23.0 Å². The largest absolute Gasteiger partial charge is 0.445 e. The van der Waals surface area contributed by atoms with Crippen LogP contribution in [0.3, 0.4) is 0 Å². The zero-order valence-corrected chi connectivity index (χ0v) is 17.6. The van der Waals surface area contributed by atoms with E-state index in [2.05, 4.69) is 20.6 Å². The van der Waals surface area contributed by atoms with Gasteiger partial charge in [0, 0.05) is 0 Å². The second kappa shape index (κ2) is 9.78. The van der Waals surface area contributed by atoms with E-state index in [1.807, 2.05) is 78.9 Å². The number of benzene rings is 3. The topological polar surface area (TPSA) is 96.1 Å². The van der Waals surface area contributed by atoms with Gasteiger partial charge in [0.15, 0.2) is 0 Å². The first-order chi connectivity index (χ1) is 15.6. The number of nitrogens with zero attached hydrogens (tertiary/aromatic N) is 1. The van der Waals surface area contributed by atoms with Gasteiger partial charge in [0.25, 0.3) is 0 Å². The van der Waals surface area contributed by atoms with Gasteiger partial charge in [-0.3, -0.25) is 4.79 Å². The molecule has 0 unspecified atom stereocenters. The van der Waals surface area contributed by atoms with E-state index >= 15 is 0 Å². The van der Waals surface area contributed by atoms with Crippen molar-refractivity contribution in [2.75, 3.05) is 0 Å². The van der Waals surface area contributed by atoms with Gasteiger partial charge in [-0.15, -0.1) is 0 Å². The van der Waals surface area contributed by atoms with Gasteiger partial charge >= 0.3 is 6.09 Å². The molecule has 0 saturated carbocycles. The van der Waals surface area contributed by atoms with Crippen LogP contribution in [-0.2, 0) is 16.1 Å². The number of hydrogen-bond donors (Lipinski definition) is 3. The molecule has 1 aromatic heterocycles. The molecular formula is C25H24N4O3. The highest BCUT2D eigenvalue weighted by Crippen LogP contribution is 2.24. The van der Waals surface area contributed by atoms with Crippen LogP contribution >= 0.6 is 0 Å². The number of hydrogen-bond acceptors (Lipinski definition) is 4. The van der Waals surface area contributed by atoms with Gasteiger partial charge in [-0.25, -0.2) is 9.78 Å². The molecule has 0 aliphatic rings. The number of imidazole rings is 1. The predicted molar refractivity (Wildman–Crippen MR) is 122 cm³/mol. The number of aromatic nitrogens is 2. The van der Waals surface area contributed by atoms with Gasteiger partial charge in [0.2, 0.25) is 5.91 Å². The molecule has 7 nitrogen and oxygen atoms in total. The lowest BCUT2D eigenvalue weighted by atomic mass is 9.98. The fourth-order valence-corrected chi connectivity index (χ4v) is 3.41. The Morgan fingerprint density at radius 3 is 2.41 bits per heavy atom. The van der Waals surface area contributed by atoms with Crippen molar-refractivity contribution in [1.82, 2.24) is 20.6 Å². The van der Waals surface area contributed by atoms with E-state index in [1.54, 1.807) is 13.3 Å². The molecule has 162 valence electrons. The van der Waals surface area contributed by atoms with Crippen LogP contribution < -0.4 is 10.6 Å². The van der Waals surface area contributed by atoms with E-state index in [0.717, 1.165) is 27.7 Å².